The highest BCUT2D eigenvalue weighted by Crippen LogP contribution is 2.42. The molecule has 1 aliphatic carbocycles. The van der Waals surface area contributed by atoms with Gasteiger partial charge in [-0.15, -0.1) is 0 Å². The summed E-state index contributed by atoms with van der Waals surface area (Å²) in [7, 11) is 0. The molecule has 0 radical (unpaired) electrons. The molecule has 18 heavy (non-hydrogen) atoms. The summed E-state index contributed by atoms with van der Waals surface area (Å²) in [6.07, 6.45) is 0. The van der Waals surface area contributed by atoms with Crippen LogP contribution in [0.3, 0.4) is 0 Å². The van der Waals surface area contributed by atoms with Gasteiger partial charge in [0.2, 0.25) is 0 Å². The average molecular weight is 303 g/mol. The fourth-order valence-electron chi connectivity index (χ4n) is 2.50. The fourth-order valence-corrected chi connectivity index (χ4v) is 3.33. The average Bonchev–Trinajstić information content (AvgIpc) is 2.64. The van der Waals surface area contributed by atoms with Crippen LogP contribution in [0.5, 0.6) is 5.75 Å². The zero-order valence-corrected chi connectivity index (χ0v) is 11.1. The number of Topliss-reactive ketones (excluding diaryl/α,β-unsaturated/α-hetero) is 1. The number of fused-ring (bicyclic) bond motifs is 1. The Bertz CT molecular complexity index is 607. The largest absolute Gasteiger partial charge is 0.508 e. The molecule has 1 aliphatic rings. The number of halogens is 1. The molecule has 0 saturated heterocycles. The maximum Gasteiger partial charge on any atom is 0.177 e. The number of alkyl halides is 1. The van der Waals surface area contributed by atoms with Crippen LogP contribution in [0.25, 0.3) is 0 Å². The summed E-state index contributed by atoms with van der Waals surface area (Å²) in [5.41, 5.74) is 2.70. The van der Waals surface area contributed by atoms with Gasteiger partial charge in [0.05, 0.1) is 4.83 Å². The van der Waals surface area contributed by atoms with Crippen molar-refractivity contribution in [3.05, 3.63) is 65.2 Å². The topological polar surface area (TPSA) is 37.3 Å². The highest BCUT2D eigenvalue weighted by Gasteiger charge is 2.38. The van der Waals surface area contributed by atoms with Gasteiger partial charge in [0.15, 0.2) is 5.78 Å². The van der Waals surface area contributed by atoms with Gasteiger partial charge in [-0.05, 0) is 23.3 Å². The van der Waals surface area contributed by atoms with Crippen molar-refractivity contribution < 1.29 is 9.90 Å². The minimum Gasteiger partial charge on any atom is -0.508 e. The van der Waals surface area contributed by atoms with Gasteiger partial charge in [0, 0.05) is 11.5 Å². The second kappa shape index (κ2) is 4.25. The highest BCUT2D eigenvalue weighted by atomic mass is 79.9. The number of aromatic hydroxyl groups is 1. The number of carbonyl (C=O) groups excluding carboxylic acids is 1. The molecule has 0 aliphatic heterocycles. The Kier molecular flexibility index (Phi) is 2.71. The van der Waals surface area contributed by atoms with Crippen LogP contribution in [0.2, 0.25) is 0 Å². The molecule has 1 N–H and O–H groups in total. The molecule has 2 unspecified atom stereocenters. The standard InChI is InChI=1S/C15H11BrO2/c16-14-13(9-4-2-1-3-5-9)11-7-6-10(17)8-12(11)15(14)18/h1-8,13-14,17H. The quantitative estimate of drug-likeness (QED) is 0.819. The molecule has 2 aromatic carbocycles. The Morgan fingerprint density at radius 3 is 2.50 bits per heavy atom. The fraction of sp³-hybridized carbons (Fsp3) is 0.133. The first kappa shape index (κ1) is 11.5. The maximum absolute atomic E-state index is 12.2. The molecular formula is C15H11BrO2. The lowest BCUT2D eigenvalue weighted by molar-refractivity contribution is 0.0999. The Labute approximate surface area is 113 Å². The van der Waals surface area contributed by atoms with Crippen molar-refractivity contribution >= 4 is 21.7 Å². The lowest BCUT2D eigenvalue weighted by Gasteiger charge is -2.14. The molecule has 0 heterocycles. The number of benzene rings is 2. The lowest BCUT2D eigenvalue weighted by atomic mass is 9.93. The van der Waals surface area contributed by atoms with E-state index in [0.717, 1.165) is 11.1 Å². The van der Waals surface area contributed by atoms with E-state index >= 15 is 0 Å². The molecule has 0 bridgehead atoms. The number of rotatable bonds is 1. The molecule has 3 heteroatoms. The van der Waals surface area contributed by atoms with Gasteiger partial charge in [-0.3, -0.25) is 4.79 Å². The van der Waals surface area contributed by atoms with Crippen LogP contribution < -0.4 is 0 Å². The predicted molar refractivity (Wildman–Crippen MR) is 73.4 cm³/mol. The monoisotopic (exact) mass is 302 g/mol. The third kappa shape index (κ3) is 1.66. The second-order valence-corrected chi connectivity index (χ2v) is 5.41. The molecule has 2 nitrogen and oxygen atoms in total. The number of phenolic OH excluding ortho intramolecular Hbond substituents is 1. The summed E-state index contributed by atoms with van der Waals surface area (Å²) >= 11 is 3.48. The predicted octanol–water partition coefficient (Wildman–Crippen LogP) is 3.48. The van der Waals surface area contributed by atoms with Crippen molar-refractivity contribution in [2.24, 2.45) is 0 Å². The van der Waals surface area contributed by atoms with Crippen LogP contribution in [-0.2, 0) is 0 Å². The van der Waals surface area contributed by atoms with Crippen LogP contribution in [0.4, 0.5) is 0 Å². The maximum atomic E-state index is 12.2. The normalized spacial score (nSPS) is 21.9. The van der Waals surface area contributed by atoms with E-state index in [2.05, 4.69) is 15.9 Å². The summed E-state index contributed by atoms with van der Waals surface area (Å²) in [5.74, 6) is 0.194. The van der Waals surface area contributed by atoms with Crippen molar-refractivity contribution in [1.29, 1.82) is 0 Å². The van der Waals surface area contributed by atoms with E-state index in [9.17, 15) is 9.90 Å². The van der Waals surface area contributed by atoms with Crippen LogP contribution >= 0.6 is 15.9 Å². The molecule has 0 aromatic heterocycles. The Morgan fingerprint density at radius 1 is 1.06 bits per heavy atom. The van der Waals surface area contributed by atoms with E-state index in [1.54, 1.807) is 12.1 Å². The third-order valence-corrected chi connectivity index (χ3v) is 4.28. The van der Waals surface area contributed by atoms with Crippen LogP contribution in [0, 0.1) is 0 Å². The van der Waals surface area contributed by atoms with Crippen LogP contribution in [0.15, 0.2) is 48.5 Å². The molecular weight excluding hydrogens is 292 g/mol. The molecule has 2 atom stereocenters. The van der Waals surface area contributed by atoms with E-state index in [4.69, 9.17) is 0 Å². The van der Waals surface area contributed by atoms with Crippen molar-refractivity contribution in [2.45, 2.75) is 10.7 Å². The zero-order valence-electron chi connectivity index (χ0n) is 9.51. The van der Waals surface area contributed by atoms with Gasteiger partial charge in [-0.2, -0.15) is 0 Å². The summed E-state index contributed by atoms with van der Waals surface area (Å²) in [6, 6.07) is 15.0. The Hall–Kier alpha value is -1.61. The second-order valence-electron chi connectivity index (χ2n) is 4.43. The van der Waals surface area contributed by atoms with Crippen molar-refractivity contribution in [3.8, 4) is 5.75 Å². The summed E-state index contributed by atoms with van der Waals surface area (Å²) in [5, 5.41) is 9.49. The molecule has 0 amide bonds. The van der Waals surface area contributed by atoms with Crippen LogP contribution in [-0.4, -0.2) is 15.7 Å². The highest BCUT2D eigenvalue weighted by molar-refractivity contribution is 9.10. The Morgan fingerprint density at radius 2 is 1.78 bits per heavy atom. The minimum absolute atomic E-state index is 0.0225. The summed E-state index contributed by atoms with van der Waals surface area (Å²) < 4.78 is 0. The summed E-state index contributed by atoms with van der Waals surface area (Å²) in [6.45, 7) is 0. The third-order valence-electron chi connectivity index (χ3n) is 3.34. The number of hydrogen-bond donors (Lipinski definition) is 1. The molecule has 0 saturated carbocycles. The van der Waals surface area contributed by atoms with Crippen molar-refractivity contribution in [1.82, 2.24) is 0 Å². The van der Waals surface area contributed by atoms with Crippen molar-refractivity contribution in [2.75, 3.05) is 0 Å². The van der Waals surface area contributed by atoms with Gasteiger partial charge in [-0.1, -0.05) is 52.3 Å². The van der Waals surface area contributed by atoms with E-state index in [0.29, 0.717) is 5.56 Å². The van der Waals surface area contributed by atoms with Gasteiger partial charge < -0.3 is 5.11 Å². The first-order valence-electron chi connectivity index (χ1n) is 5.74. The lowest BCUT2D eigenvalue weighted by Crippen LogP contribution is -2.13. The number of hydrogen-bond acceptors (Lipinski definition) is 2. The summed E-state index contributed by atoms with van der Waals surface area (Å²) in [4.78, 5) is 11.9. The Balaban J connectivity index is 2.16. The zero-order chi connectivity index (χ0) is 12.7. The van der Waals surface area contributed by atoms with Gasteiger partial charge in [-0.25, -0.2) is 0 Å². The number of phenols is 1. The van der Waals surface area contributed by atoms with Crippen LogP contribution in [0.1, 0.15) is 27.4 Å². The van der Waals surface area contributed by atoms with Gasteiger partial charge in [0.1, 0.15) is 5.75 Å². The first-order valence-corrected chi connectivity index (χ1v) is 6.66. The van der Waals surface area contributed by atoms with E-state index < -0.39 is 0 Å². The van der Waals surface area contributed by atoms with Crippen molar-refractivity contribution in [3.63, 3.8) is 0 Å². The van der Waals surface area contributed by atoms with Gasteiger partial charge >= 0.3 is 0 Å². The minimum atomic E-state index is -0.253. The van der Waals surface area contributed by atoms with E-state index in [1.807, 2.05) is 36.4 Å². The molecule has 3 rings (SSSR count). The molecule has 2 aromatic rings. The number of ketones is 1. The number of carbonyl (C=O) groups is 1. The first-order chi connectivity index (χ1) is 8.68. The van der Waals surface area contributed by atoms with E-state index in [1.165, 1.54) is 0 Å². The smallest absolute Gasteiger partial charge is 0.177 e. The molecule has 90 valence electrons. The molecule has 0 spiro atoms. The molecule has 0 fully saturated rings. The SMILES string of the molecule is O=C1c2cc(O)ccc2C(c2ccccc2)C1Br. The van der Waals surface area contributed by atoms with E-state index in [-0.39, 0.29) is 22.3 Å². The van der Waals surface area contributed by atoms with Gasteiger partial charge in [0.25, 0.3) is 0 Å².